The van der Waals surface area contributed by atoms with Crippen LogP contribution in [0.25, 0.3) is 43.8 Å². The summed E-state index contributed by atoms with van der Waals surface area (Å²) in [4.78, 5) is 20.3. The van der Waals surface area contributed by atoms with Crippen molar-refractivity contribution in [1.82, 2.24) is 9.97 Å². The van der Waals surface area contributed by atoms with E-state index in [1.54, 1.807) is 6.07 Å². The second-order valence-corrected chi connectivity index (χ2v) is 6.59. The third-order valence-corrected chi connectivity index (χ3v) is 5.12. The molecule has 0 spiro atoms. The fourth-order valence-corrected chi connectivity index (χ4v) is 3.86. The van der Waals surface area contributed by atoms with Gasteiger partial charge in [-0.25, -0.2) is 4.98 Å². The Kier molecular flexibility index (Phi) is 3.30. The molecule has 0 saturated carbocycles. The molecule has 124 valence electrons. The number of nitrogens with zero attached hydrogens (tertiary/aromatic N) is 1. The number of hydrogen-bond donors (Lipinski definition) is 1. The molecular weight excluding hydrogens is 344 g/mol. The maximum absolute atomic E-state index is 12.6. The summed E-state index contributed by atoms with van der Waals surface area (Å²) < 4.78 is 0. The van der Waals surface area contributed by atoms with E-state index in [1.165, 1.54) is 0 Å². The molecule has 26 heavy (non-hydrogen) atoms. The Hall–Kier alpha value is -3.17. The zero-order valence-electron chi connectivity index (χ0n) is 13.7. The van der Waals surface area contributed by atoms with E-state index in [2.05, 4.69) is 4.98 Å². The Morgan fingerprint density at radius 1 is 0.692 bits per heavy atom. The second kappa shape index (κ2) is 5.68. The van der Waals surface area contributed by atoms with Crippen molar-refractivity contribution in [1.29, 1.82) is 0 Å². The Labute approximate surface area is 153 Å². The van der Waals surface area contributed by atoms with Crippen molar-refractivity contribution >= 4 is 44.0 Å². The predicted octanol–water partition coefficient (Wildman–Crippen LogP) is 5.55. The minimum atomic E-state index is -0.145. The van der Waals surface area contributed by atoms with Crippen LogP contribution in [0.1, 0.15) is 0 Å². The molecule has 3 nitrogen and oxygen atoms in total. The molecule has 1 N–H and O–H groups in total. The first-order valence-corrected chi connectivity index (χ1v) is 8.70. The summed E-state index contributed by atoms with van der Waals surface area (Å²) in [5, 5.41) is 5.11. The highest BCUT2D eigenvalue weighted by atomic mass is 35.5. The average molecular weight is 357 g/mol. The van der Waals surface area contributed by atoms with Crippen molar-refractivity contribution in [2.75, 3.05) is 0 Å². The molecule has 1 aromatic heterocycles. The van der Waals surface area contributed by atoms with Gasteiger partial charge in [-0.15, -0.1) is 0 Å². The van der Waals surface area contributed by atoms with Gasteiger partial charge in [-0.3, -0.25) is 4.79 Å². The lowest BCUT2D eigenvalue weighted by molar-refractivity contribution is 1.19. The van der Waals surface area contributed by atoms with Gasteiger partial charge in [-0.1, -0.05) is 72.3 Å². The van der Waals surface area contributed by atoms with Crippen LogP contribution in [-0.2, 0) is 0 Å². The Morgan fingerprint density at radius 2 is 1.19 bits per heavy atom. The Morgan fingerprint density at radius 3 is 1.81 bits per heavy atom. The number of nitrogens with one attached hydrogen (secondary N) is 1. The molecule has 0 aliphatic rings. The zero-order chi connectivity index (χ0) is 17.7. The van der Waals surface area contributed by atoms with Crippen molar-refractivity contribution in [3.63, 3.8) is 0 Å². The minimum absolute atomic E-state index is 0.145. The summed E-state index contributed by atoms with van der Waals surface area (Å²) in [6.07, 6.45) is 0. The SMILES string of the molecule is O=c1[nH]c(-c2c3ccccc3c(Cl)c3ccccc23)nc2ccccc12. The van der Waals surface area contributed by atoms with Crippen LogP contribution < -0.4 is 5.56 Å². The number of aromatic amines is 1. The molecule has 4 heteroatoms. The van der Waals surface area contributed by atoms with Crippen molar-refractivity contribution in [3.05, 3.63) is 88.2 Å². The number of halogens is 1. The highest BCUT2D eigenvalue weighted by Crippen LogP contribution is 2.40. The van der Waals surface area contributed by atoms with E-state index >= 15 is 0 Å². The average Bonchev–Trinajstić information content (AvgIpc) is 2.68. The lowest BCUT2D eigenvalue weighted by Crippen LogP contribution is -2.09. The lowest BCUT2D eigenvalue weighted by atomic mass is 9.96. The maximum Gasteiger partial charge on any atom is 0.259 e. The summed E-state index contributed by atoms with van der Waals surface area (Å²) >= 11 is 6.67. The number of benzene rings is 4. The van der Waals surface area contributed by atoms with Gasteiger partial charge in [0.15, 0.2) is 0 Å². The van der Waals surface area contributed by atoms with E-state index in [4.69, 9.17) is 16.6 Å². The van der Waals surface area contributed by atoms with E-state index in [1.807, 2.05) is 66.7 Å². The first-order valence-electron chi connectivity index (χ1n) is 8.32. The number of H-pyrrole nitrogens is 1. The largest absolute Gasteiger partial charge is 0.306 e. The fourth-order valence-electron chi connectivity index (χ4n) is 3.54. The van der Waals surface area contributed by atoms with Gasteiger partial charge < -0.3 is 4.98 Å². The van der Waals surface area contributed by atoms with Gasteiger partial charge in [0.05, 0.1) is 15.9 Å². The number of hydrogen-bond acceptors (Lipinski definition) is 2. The van der Waals surface area contributed by atoms with E-state index in [-0.39, 0.29) is 5.56 Å². The van der Waals surface area contributed by atoms with Crippen LogP contribution in [0.4, 0.5) is 0 Å². The second-order valence-electron chi connectivity index (χ2n) is 6.21. The molecular formula is C22H13ClN2O. The molecule has 1 heterocycles. The van der Waals surface area contributed by atoms with E-state index in [9.17, 15) is 4.79 Å². The third-order valence-electron chi connectivity index (χ3n) is 4.72. The van der Waals surface area contributed by atoms with E-state index < -0.39 is 0 Å². The molecule has 5 rings (SSSR count). The van der Waals surface area contributed by atoms with Crippen LogP contribution in [0.2, 0.25) is 5.02 Å². The third kappa shape index (κ3) is 2.14. The summed E-state index contributed by atoms with van der Waals surface area (Å²) in [6, 6.07) is 23.2. The molecule has 0 radical (unpaired) electrons. The number of rotatable bonds is 1. The van der Waals surface area contributed by atoms with Crippen LogP contribution in [0.3, 0.4) is 0 Å². The summed E-state index contributed by atoms with van der Waals surface area (Å²) in [5.74, 6) is 0.553. The highest BCUT2D eigenvalue weighted by Gasteiger charge is 2.16. The molecule has 4 aromatic carbocycles. The normalized spacial score (nSPS) is 11.4. The molecule has 0 aliphatic heterocycles. The predicted molar refractivity (Wildman–Crippen MR) is 108 cm³/mol. The highest BCUT2D eigenvalue weighted by molar-refractivity contribution is 6.42. The Bertz CT molecular complexity index is 1310. The van der Waals surface area contributed by atoms with Crippen molar-refractivity contribution in [2.45, 2.75) is 0 Å². The Balaban J connectivity index is 2.01. The summed E-state index contributed by atoms with van der Waals surface area (Å²) in [6.45, 7) is 0. The molecule has 0 atom stereocenters. The van der Waals surface area contributed by atoms with E-state index in [0.717, 1.165) is 27.1 Å². The van der Waals surface area contributed by atoms with Crippen LogP contribution in [0.15, 0.2) is 77.6 Å². The van der Waals surface area contributed by atoms with Gasteiger partial charge in [0.25, 0.3) is 5.56 Å². The van der Waals surface area contributed by atoms with Gasteiger partial charge in [0.2, 0.25) is 0 Å². The fraction of sp³-hybridized carbons (Fsp3) is 0. The van der Waals surface area contributed by atoms with Gasteiger partial charge in [-0.2, -0.15) is 0 Å². The quantitative estimate of drug-likeness (QED) is 0.400. The molecule has 0 aliphatic carbocycles. The van der Waals surface area contributed by atoms with Crippen molar-refractivity contribution in [3.8, 4) is 11.4 Å². The van der Waals surface area contributed by atoms with Crippen molar-refractivity contribution in [2.24, 2.45) is 0 Å². The van der Waals surface area contributed by atoms with E-state index in [0.29, 0.717) is 21.7 Å². The lowest BCUT2D eigenvalue weighted by Gasteiger charge is -2.13. The molecule has 0 saturated heterocycles. The first kappa shape index (κ1) is 15.1. The minimum Gasteiger partial charge on any atom is -0.306 e. The monoisotopic (exact) mass is 356 g/mol. The maximum atomic E-state index is 12.6. The topological polar surface area (TPSA) is 45.8 Å². The van der Waals surface area contributed by atoms with Gasteiger partial charge >= 0.3 is 0 Å². The van der Waals surface area contributed by atoms with Crippen LogP contribution in [-0.4, -0.2) is 9.97 Å². The molecule has 0 amide bonds. The molecule has 0 unspecified atom stereocenters. The number of para-hydroxylation sites is 1. The number of fused-ring (bicyclic) bond motifs is 3. The zero-order valence-corrected chi connectivity index (χ0v) is 14.4. The molecule has 5 aromatic rings. The van der Waals surface area contributed by atoms with Crippen LogP contribution >= 0.6 is 11.6 Å². The number of aromatic nitrogens is 2. The standard InChI is InChI=1S/C22H13ClN2O/c23-20-15-9-3-1-7-13(15)19(14-8-2-4-10-16(14)20)21-24-18-12-6-5-11-17(18)22(26)25-21/h1-12H,(H,24,25,26). The molecule has 0 bridgehead atoms. The van der Waals surface area contributed by atoms with Crippen LogP contribution in [0.5, 0.6) is 0 Å². The smallest absolute Gasteiger partial charge is 0.259 e. The molecule has 0 fully saturated rings. The van der Waals surface area contributed by atoms with Gasteiger partial charge in [-0.05, 0) is 22.9 Å². The summed E-state index contributed by atoms with van der Waals surface area (Å²) in [7, 11) is 0. The van der Waals surface area contributed by atoms with Gasteiger partial charge in [0, 0.05) is 16.3 Å². The van der Waals surface area contributed by atoms with Crippen molar-refractivity contribution < 1.29 is 0 Å². The van der Waals surface area contributed by atoms with Crippen LogP contribution in [0, 0.1) is 0 Å². The van der Waals surface area contributed by atoms with Gasteiger partial charge in [0.1, 0.15) is 5.82 Å². The summed E-state index contributed by atoms with van der Waals surface area (Å²) in [5.41, 5.74) is 1.42. The first-order chi connectivity index (χ1) is 12.7.